The SMILES string of the molecule is CCC(Cc1ccc(F)c(F)c1)C(C)N. The van der Waals surface area contributed by atoms with E-state index in [1.165, 1.54) is 12.1 Å². The highest BCUT2D eigenvalue weighted by Gasteiger charge is 2.13. The molecule has 2 atom stereocenters. The zero-order chi connectivity index (χ0) is 11.4. The minimum atomic E-state index is -0.799. The second kappa shape index (κ2) is 5.21. The highest BCUT2D eigenvalue weighted by molar-refractivity contribution is 5.18. The molecule has 0 radical (unpaired) electrons. The number of hydrogen-bond donors (Lipinski definition) is 1. The molecule has 0 spiro atoms. The largest absolute Gasteiger partial charge is 0.328 e. The van der Waals surface area contributed by atoms with Gasteiger partial charge in [0.2, 0.25) is 0 Å². The van der Waals surface area contributed by atoms with Crippen LogP contribution in [-0.4, -0.2) is 6.04 Å². The maximum atomic E-state index is 12.9. The molecule has 0 fully saturated rings. The summed E-state index contributed by atoms with van der Waals surface area (Å²) in [6.45, 7) is 3.99. The lowest BCUT2D eigenvalue weighted by Gasteiger charge is -2.18. The summed E-state index contributed by atoms with van der Waals surface area (Å²) in [4.78, 5) is 0. The maximum absolute atomic E-state index is 12.9. The summed E-state index contributed by atoms with van der Waals surface area (Å²) in [7, 11) is 0. The van der Waals surface area contributed by atoms with Gasteiger partial charge in [-0.25, -0.2) is 8.78 Å². The van der Waals surface area contributed by atoms with E-state index in [-0.39, 0.29) is 6.04 Å². The second-order valence-electron chi connectivity index (χ2n) is 3.98. The lowest BCUT2D eigenvalue weighted by Crippen LogP contribution is -2.27. The molecular weight excluding hydrogens is 196 g/mol. The topological polar surface area (TPSA) is 26.0 Å². The lowest BCUT2D eigenvalue weighted by molar-refractivity contribution is 0.425. The first-order valence-corrected chi connectivity index (χ1v) is 5.24. The Morgan fingerprint density at radius 3 is 2.40 bits per heavy atom. The molecule has 1 rings (SSSR count). The molecule has 0 saturated carbocycles. The summed E-state index contributed by atoms with van der Waals surface area (Å²) in [6.07, 6.45) is 1.64. The van der Waals surface area contributed by atoms with Gasteiger partial charge in [0.15, 0.2) is 11.6 Å². The molecule has 0 saturated heterocycles. The monoisotopic (exact) mass is 213 g/mol. The van der Waals surface area contributed by atoms with Crippen molar-refractivity contribution in [3.05, 3.63) is 35.4 Å². The molecule has 1 aromatic rings. The van der Waals surface area contributed by atoms with Gasteiger partial charge < -0.3 is 5.73 Å². The molecule has 2 unspecified atom stereocenters. The fourth-order valence-electron chi connectivity index (χ4n) is 1.67. The normalized spacial score (nSPS) is 15.0. The highest BCUT2D eigenvalue weighted by atomic mass is 19.2. The van der Waals surface area contributed by atoms with E-state index < -0.39 is 11.6 Å². The summed E-state index contributed by atoms with van der Waals surface area (Å²) >= 11 is 0. The molecular formula is C12H17F2N. The summed E-state index contributed by atoms with van der Waals surface area (Å²) in [5.74, 6) is -1.27. The van der Waals surface area contributed by atoms with Crippen molar-refractivity contribution in [3.63, 3.8) is 0 Å². The first-order chi connectivity index (χ1) is 7.04. The molecule has 0 aliphatic heterocycles. The lowest BCUT2D eigenvalue weighted by atomic mass is 9.91. The Balaban J connectivity index is 2.75. The van der Waals surface area contributed by atoms with Crippen LogP contribution >= 0.6 is 0 Å². The predicted molar refractivity (Wildman–Crippen MR) is 57.5 cm³/mol. The fraction of sp³-hybridized carbons (Fsp3) is 0.500. The molecule has 2 N–H and O–H groups in total. The summed E-state index contributed by atoms with van der Waals surface area (Å²) in [6, 6.07) is 4.10. The standard InChI is InChI=1S/C12H17F2N/c1-3-10(8(2)15)6-9-4-5-11(13)12(14)7-9/h4-5,7-8,10H,3,6,15H2,1-2H3. The highest BCUT2D eigenvalue weighted by Crippen LogP contribution is 2.17. The van der Waals surface area contributed by atoms with Crippen molar-refractivity contribution in [1.82, 2.24) is 0 Å². The van der Waals surface area contributed by atoms with Gasteiger partial charge >= 0.3 is 0 Å². The Morgan fingerprint density at radius 2 is 1.93 bits per heavy atom. The van der Waals surface area contributed by atoms with Crippen LogP contribution in [-0.2, 0) is 6.42 Å². The third-order valence-corrected chi connectivity index (χ3v) is 2.75. The van der Waals surface area contributed by atoms with Crippen molar-refractivity contribution < 1.29 is 8.78 Å². The minimum Gasteiger partial charge on any atom is -0.328 e. The average molecular weight is 213 g/mol. The first kappa shape index (κ1) is 12.1. The second-order valence-corrected chi connectivity index (χ2v) is 3.98. The molecule has 0 amide bonds. The predicted octanol–water partition coefficient (Wildman–Crippen LogP) is 2.88. The Kier molecular flexibility index (Phi) is 4.21. The van der Waals surface area contributed by atoms with Crippen molar-refractivity contribution in [2.24, 2.45) is 11.7 Å². The zero-order valence-corrected chi connectivity index (χ0v) is 9.13. The van der Waals surface area contributed by atoms with Crippen LogP contribution in [0.5, 0.6) is 0 Å². The zero-order valence-electron chi connectivity index (χ0n) is 9.13. The molecule has 84 valence electrons. The van der Waals surface area contributed by atoms with Gasteiger partial charge in [-0.1, -0.05) is 19.4 Å². The van der Waals surface area contributed by atoms with E-state index in [0.29, 0.717) is 12.3 Å². The van der Waals surface area contributed by atoms with Crippen molar-refractivity contribution in [2.75, 3.05) is 0 Å². The minimum absolute atomic E-state index is 0.0723. The molecule has 0 aromatic heterocycles. The van der Waals surface area contributed by atoms with Gasteiger partial charge in [0.1, 0.15) is 0 Å². The van der Waals surface area contributed by atoms with E-state index in [1.807, 2.05) is 13.8 Å². The van der Waals surface area contributed by atoms with Gasteiger partial charge in [-0.2, -0.15) is 0 Å². The quantitative estimate of drug-likeness (QED) is 0.817. The van der Waals surface area contributed by atoms with Gasteiger partial charge in [-0.3, -0.25) is 0 Å². The Labute approximate surface area is 89.3 Å². The van der Waals surface area contributed by atoms with Crippen LogP contribution in [0.4, 0.5) is 8.78 Å². The molecule has 1 aromatic carbocycles. The maximum Gasteiger partial charge on any atom is 0.159 e. The molecule has 0 heterocycles. The van der Waals surface area contributed by atoms with Gasteiger partial charge in [0.25, 0.3) is 0 Å². The van der Waals surface area contributed by atoms with Crippen LogP contribution in [0, 0.1) is 17.6 Å². The summed E-state index contributed by atoms with van der Waals surface area (Å²) in [5, 5.41) is 0. The number of hydrogen-bond acceptors (Lipinski definition) is 1. The summed E-state index contributed by atoms with van der Waals surface area (Å²) < 4.78 is 25.6. The van der Waals surface area contributed by atoms with Crippen molar-refractivity contribution >= 4 is 0 Å². The van der Waals surface area contributed by atoms with Crippen molar-refractivity contribution in [3.8, 4) is 0 Å². The molecule has 0 aliphatic rings. The van der Waals surface area contributed by atoms with Gasteiger partial charge in [-0.05, 0) is 37.0 Å². The fourth-order valence-corrected chi connectivity index (χ4v) is 1.67. The van der Waals surface area contributed by atoms with Crippen LogP contribution in [0.3, 0.4) is 0 Å². The number of nitrogens with two attached hydrogens (primary N) is 1. The molecule has 3 heteroatoms. The van der Waals surface area contributed by atoms with E-state index in [2.05, 4.69) is 0 Å². The third kappa shape index (κ3) is 3.27. The molecule has 0 bridgehead atoms. The Morgan fingerprint density at radius 1 is 1.27 bits per heavy atom. The van der Waals surface area contributed by atoms with Gasteiger partial charge in [0, 0.05) is 6.04 Å². The van der Waals surface area contributed by atoms with E-state index in [0.717, 1.165) is 12.0 Å². The third-order valence-electron chi connectivity index (χ3n) is 2.75. The van der Waals surface area contributed by atoms with Crippen molar-refractivity contribution in [1.29, 1.82) is 0 Å². The van der Waals surface area contributed by atoms with Crippen LogP contribution in [0.1, 0.15) is 25.8 Å². The summed E-state index contributed by atoms with van der Waals surface area (Å²) in [5.41, 5.74) is 6.60. The van der Waals surface area contributed by atoms with Crippen LogP contribution in [0.2, 0.25) is 0 Å². The first-order valence-electron chi connectivity index (χ1n) is 5.24. The average Bonchev–Trinajstić information content (AvgIpc) is 2.19. The smallest absolute Gasteiger partial charge is 0.159 e. The van der Waals surface area contributed by atoms with Crippen LogP contribution < -0.4 is 5.73 Å². The molecule has 1 nitrogen and oxygen atoms in total. The van der Waals surface area contributed by atoms with Crippen LogP contribution in [0.15, 0.2) is 18.2 Å². The van der Waals surface area contributed by atoms with E-state index in [9.17, 15) is 8.78 Å². The van der Waals surface area contributed by atoms with Gasteiger partial charge in [0.05, 0.1) is 0 Å². The number of halogens is 2. The molecule has 0 aliphatic carbocycles. The Bertz CT molecular complexity index is 323. The van der Waals surface area contributed by atoms with Crippen LogP contribution in [0.25, 0.3) is 0 Å². The van der Waals surface area contributed by atoms with Gasteiger partial charge in [-0.15, -0.1) is 0 Å². The van der Waals surface area contributed by atoms with Crippen molar-refractivity contribution in [2.45, 2.75) is 32.7 Å². The van der Waals surface area contributed by atoms with E-state index in [1.54, 1.807) is 6.07 Å². The van der Waals surface area contributed by atoms with E-state index >= 15 is 0 Å². The number of benzene rings is 1. The Hall–Kier alpha value is -0.960. The molecule has 15 heavy (non-hydrogen) atoms. The number of rotatable bonds is 4. The van der Waals surface area contributed by atoms with E-state index in [4.69, 9.17) is 5.73 Å².